The Kier molecular flexibility index (Phi) is 5.12. The van der Waals surface area contributed by atoms with Gasteiger partial charge in [0.2, 0.25) is 17.7 Å². The van der Waals surface area contributed by atoms with Crippen molar-refractivity contribution in [3.05, 3.63) is 48.5 Å². The number of fused-ring (bicyclic) bond motifs is 5. The molecule has 6 rings (SSSR count). The van der Waals surface area contributed by atoms with Gasteiger partial charge >= 0.3 is 5.97 Å². The van der Waals surface area contributed by atoms with Crippen LogP contribution >= 0.6 is 0 Å². The molecule has 3 amide bonds. The van der Waals surface area contributed by atoms with E-state index in [4.69, 9.17) is 9.47 Å². The zero-order valence-electron chi connectivity index (χ0n) is 19.4. The van der Waals surface area contributed by atoms with Gasteiger partial charge < -0.3 is 14.4 Å². The molecule has 2 aliphatic heterocycles. The van der Waals surface area contributed by atoms with Crippen LogP contribution in [0.2, 0.25) is 0 Å². The monoisotopic (exact) mass is 474 g/mol. The van der Waals surface area contributed by atoms with Crippen molar-refractivity contribution in [2.45, 2.75) is 25.7 Å². The Hall–Kier alpha value is -3.68. The average Bonchev–Trinajstić information content (AvgIpc) is 3.63. The highest BCUT2D eigenvalue weighted by atomic mass is 16.5. The summed E-state index contributed by atoms with van der Waals surface area (Å²) in [5, 5.41) is 0. The van der Waals surface area contributed by atoms with Crippen LogP contribution in [-0.2, 0) is 19.2 Å². The van der Waals surface area contributed by atoms with Gasteiger partial charge in [-0.15, -0.1) is 0 Å². The van der Waals surface area contributed by atoms with E-state index in [1.54, 1.807) is 60.5 Å². The van der Waals surface area contributed by atoms with E-state index in [1.807, 2.05) is 0 Å². The summed E-state index contributed by atoms with van der Waals surface area (Å²) in [6.45, 7) is 0.227. The molecule has 2 saturated carbocycles. The molecule has 4 aliphatic rings. The van der Waals surface area contributed by atoms with Crippen molar-refractivity contribution in [1.29, 1.82) is 0 Å². The van der Waals surface area contributed by atoms with E-state index in [0.717, 1.165) is 19.3 Å². The highest BCUT2D eigenvalue weighted by Crippen LogP contribution is 2.56. The van der Waals surface area contributed by atoms with Gasteiger partial charge in [0.1, 0.15) is 11.5 Å². The number of nitrogens with zero attached hydrogens (tertiary/aromatic N) is 2. The lowest BCUT2D eigenvalue weighted by Crippen LogP contribution is -2.32. The number of hydrogen-bond donors (Lipinski definition) is 0. The first-order valence-corrected chi connectivity index (χ1v) is 12.1. The molecule has 5 atom stereocenters. The van der Waals surface area contributed by atoms with Crippen LogP contribution in [0.5, 0.6) is 11.5 Å². The number of amides is 3. The molecule has 0 unspecified atom stereocenters. The molecule has 2 aromatic carbocycles. The van der Waals surface area contributed by atoms with Gasteiger partial charge in [-0.2, -0.15) is 0 Å². The fourth-order valence-corrected chi connectivity index (χ4v) is 6.42. The molecule has 4 fully saturated rings. The standard InChI is InChI=1S/C27H26N2O6/c1-34-21-4-2-3-19(13-21)28-14-17(12-22(28)30)27(33)35-20-9-7-18(8-10-20)29-25(31)23-15-5-6-16(11-15)24(23)26(29)32/h2-4,7-10,13,15-17,23-24H,5-6,11-12,14H2,1H3/t15-,16+,17-,23+,24+/m1/s1. The SMILES string of the molecule is COc1cccc(N2C[C@H](C(=O)Oc3ccc(N4C(=O)[C@H]5[C@@H]6CC[C@@H](C6)[C@@H]5C4=O)cc3)CC2=O)c1. The van der Waals surface area contributed by atoms with Gasteiger partial charge in [0.15, 0.2) is 0 Å². The van der Waals surface area contributed by atoms with E-state index in [1.165, 1.54) is 4.90 Å². The highest BCUT2D eigenvalue weighted by molar-refractivity contribution is 6.22. The zero-order chi connectivity index (χ0) is 24.3. The third-order valence-electron chi connectivity index (χ3n) is 8.06. The van der Waals surface area contributed by atoms with Gasteiger partial charge in [-0.05, 0) is 67.5 Å². The van der Waals surface area contributed by atoms with Crippen molar-refractivity contribution in [3.63, 3.8) is 0 Å². The topological polar surface area (TPSA) is 93.2 Å². The maximum absolute atomic E-state index is 13.0. The summed E-state index contributed by atoms with van der Waals surface area (Å²) in [5.41, 5.74) is 1.18. The van der Waals surface area contributed by atoms with Crippen molar-refractivity contribution < 1.29 is 28.7 Å². The number of benzene rings is 2. The second kappa shape index (κ2) is 8.22. The van der Waals surface area contributed by atoms with Crippen molar-refractivity contribution >= 4 is 35.1 Å². The predicted octanol–water partition coefficient (Wildman–Crippen LogP) is 3.19. The van der Waals surface area contributed by atoms with Crippen LogP contribution in [0.25, 0.3) is 0 Å². The number of carbonyl (C=O) groups excluding carboxylic acids is 4. The van der Waals surface area contributed by atoms with E-state index in [-0.39, 0.29) is 42.5 Å². The molecule has 2 bridgehead atoms. The summed E-state index contributed by atoms with van der Waals surface area (Å²) in [7, 11) is 1.56. The van der Waals surface area contributed by atoms with Gasteiger partial charge in [0, 0.05) is 24.7 Å². The first-order chi connectivity index (χ1) is 16.9. The largest absolute Gasteiger partial charge is 0.497 e. The lowest BCUT2D eigenvalue weighted by Gasteiger charge is -2.19. The van der Waals surface area contributed by atoms with Crippen LogP contribution in [0.3, 0.4) is 0 Å². The Labute approximate surface area is 202 Å². The van der Waals surface area contributed by atoms with Gasteiger partial charge in [-0.1, -0.05) is 6.07 Å². The van der Waals surface area contributed by atoms with E-state index in [9.17, 15) is 19.2 Å². The number of methoxy groups -OCH3 is 1. The van der Waals surface area contributed by atoms with E-state index in [0.29, 0.717) is 34.7 Å². The third kappa shape index (κ3) is 3.50. The molecular weight excluding hydrogens is 448 g/mol. The van der Waals surface area contributed by atoms with Crippen molar-refractivity contribution in [2.24, 2.45) is 29.6 Å². The quantitative estimate of drug-likeness (QED) is 0.375. The normalized spacial score (nSPS) is 29.2. The van der Waals surface area contributed by atoms with Gasteiger partial charge in [-0.25, -0.2) is 0 Å². The van der Waals surface area contributed by atoms with Crippen LogP contribution < -0.4 is 19.3 Å². The number of rotatable bonds is 5. The maximum atomic E-state index is 13.0. The maximum Gasteiger partial charge on any atom is 0.316 e. The second-order valence-electron chi connectivity index (χ2n) is 9.92. The second-order valence-corrected chi connectivity index (χ2v) is 9.92. The summed E-state index contributed by atoms with van der Waals surface area (Å²) in [4.78, 5) is 54.2. The van der Waals surface area contributed by atoms with Crippen LogP contribution in [-0.4, -0.2) is 37.3 Å². The molecule has 0 spiro atoms. The van der Waals surface area contributed by atoms with E-state index >= 15 is 0 Å². The molecule has 2 aliphatic carbocycles. The molecular formula is C27H26N2O6. The summed E-state index contributed by atoms with van der Waals surface area (Å²) >= 11 is 0. The molecule has 8 nitrogen and oxygen atoms in total. The fraction of sp³-hybridized carbons (Fsp3) is 0.407. The number of anilines is 2. The van der Waals surface area contributed by atoms with Crippen molar-refractivity contribution in [3.8, 4) is 11.5 Å². The number of ether oxygens (including phenoxy) is 2. The minimum atomic E-state index is -0.593. The van der Waals surface area contributed by atoms with Crippen LogP contribution in [0, 0.1) is 29.6 Å². The molecule has 8 heteroatoms. The van der Waals surface area contributed by atoms with E-state index in [2.05, 4.69) is 0 Å². The Balaban J connectivity index is 1.12. The third-order valence-corrected chi connectivity index (χ3v) is 8.06. The van der Waals surface area contributed by atoms with Gasteiger partial charge in [0.25, 0.3) is 0 Å². The minimum absolute atomic E-state index is 0.0655. The number of hydrogen-bond acceptors (Lipinski definition) is 6. The molecule has 2 saturated heterocycles. The fourth-order valence-electron chi connectivity index (χ4n) is 6.42. The first kappa shape index (κ1) is 21.8. The van der Waals surface area contributed by atoms with Crippen molar-refractivity contribution in [1.82, 2.24) is 0 Å². The van der Waals surface area contributed by atoms with Crippen LogP contribution in [0.1, 0.15) is 25.7 Å². The summed E-state index contributed by atoms with van der Waals surface area (Å²) in [6.07, 6.45) is 3.13. The van der Waals surface area contributed by atoms with Crippen LogP contribution in [0.4, 0.5) is 11.4 Å². The minimum Gasteiger partial charge on any atom is -0.497 e. The average molecular weight is 475 g/mol. The number of carbonyl (C=O) groups is 4. The molecule has 35 heavy (non-hydrogen) atoms. The molecule has 0 radical (unpaired) electrons. The summed E-state index contributed by atoms with van der Waals surface area (Å²) < 4.78 is 10.8. The lowest BCUT2D eigenvalue weighted by molar-refractivity contribution is -0.139. The highest BCUT2D eigenvalue weighted by Gasteiger charge is 2.61. The Morgan fingerprint density at radius 1 is 0.886 bits per heavy atom. The summed E-state index contributed by atoms with van der Waals surface area (Å²) in [6, 6.07) is 13.6. The smallest absolute Gasteiger partial charge is 0.316 e. The van der Waals surface area contributed by atoms with E-state index < -0.39 is 11.9 Å². The number of esters is 1. The molecule has 0 aromatic heterocycles. The zero-order valence-corrected chi connectivity index (χ0v) is 19.4. The van der Waals surface area contributed by atoms with Gasteiger partial charge in [0.05, 0.1) is 30.6 Å². The predicted molar refractivity (Wildman–Crippen MR) is 126 cm³/mol. The Morgan fingerprint density at radius 3 is 2.23 bits per heavy atom. The van der Waals surface area contributed by atoms with Crippen molar-refractivity contribution in [2.75, 3.05) is 23.5 Å². The lowest BCUT2D eigenvalue weighted by atomic mass is 9.81. The molecule has 2 aromatic rings. The molecule has 2 heterocycles. The molecule has 180 valence electrons. The summed E-state index contributed by atoms with van der Waals surface area (Å²) in [5.74, 6) is -0.176. The van der Waals surface area contributed by atoms with Gasteiger partial charge in [-0.3, -0.25) is 24.1 Å². The number of imide groups is 1. The van der Waals surface area contributed by atoms with Crippen LogP contribution in [0.15, 0.2) is 48.5 Å². The molecule has 0 N–H and O–H groups in total. The Morgan fingerprint density at radius 2 is 1.57 bits per heavy atom. The Bertz CT molecular complexity index is 1200. The first-order valence-electron chi connectivity index (χ1n) is 12.1.